The van der Waals surface area contributed by atoms with Gasteiger partial charge in [-0.1, -0.05) is 29.4 Å². The Kier molecular flexibility index (Phi) is 4.83. The number of carbonyl (C=O) groups excluding carboxylic acids is 1. The SMILES string of the molecule is Cc1noc(C)c1-c1cc(OCC(O)CN2CC3(CNC(=O)N3)C2)cc2ccccc12. The van der Waals surface area contributed by atoms with E-state index in [1.165, 1.54) is 0 Å². The fraction of sp³-hybridized carbons (Fsp3) is 0.391. The van der Waals surface area contributed by atoms with Gasteiger partial charge in [-0.15, -0.1) is 0 Å². The van der Waals surface area contributed by atoms with Gasteiger partial charge < -0.3 is 25.0 Å². The Morgan fingerprint density at radius 1 is 1.29 bits per heavy atom. The van der Waals surface area contributed by atoms with Crippen LogP contribution in [0.3, 0.4) is 0 Å². The van der Waals surface area contributed by atoms with Crippen LogP contribution in [0.15, 0.2) is 40.9 Å². The van der Waals surface area contributed by atoms with Gasteiger partial charge in [-0.3, -0.25) is 4.90 Å². The molecule has 8 nitrogen and oxygen atoms in total. The number of hydrogen-bond acceptors (Lipinski definition) is 6. The van der Waals surface area contributed by atoms with Gasteiger partial charge in [0.15, 0.2) is 0 Å². The Morgan fingerprint density at radius 3 is 2.81 bits per heavy atom. The summed E-state index contributed by atoms with van der Waals surface area (Å²) in [7, 11) is 0. The molecule has 2 fully saturated rings. The number of rotatable bonds is 6. The largest absolute Gasteiger partial charge is 0.491 e. The zero-order chi connectivity index (χ0) is 21.6. The molecule has 0 bridgehead atoms. The highest BCUT2D eigenvalue weighted by Gasteiger charge is 2.47. The minimum atomic E-state index is -0.628. The van der Waals surface area contributed by atoms with Crippen molar-refractivity contribution < 1.29 is 19.2 Å². The number of ether oxygens (including phenoxy) is 1. The quantitative estimate of drug-likeness (QED) is 0.563. The van der Waals surface area contributed by atoms with Gasteiger partial charge in [0, 0.05) is 31.7 Å². The van der Waals surface area contributed by atoms with E-state index in [4.69, 9.17) is 9.26 Å². The Morgan fingerprint density at radius 2 is 2.10 bits per heavy atom. The number of urea groups is 1. The summed E-state index contributed by atoms with van der Waals surface area (Å²) in [5, 5.41) is 22.5. The number of carbonyl (C=O) groups is 1. The van der Waals surface area contributed by atoms with E-state index >= 15 is 0 Å². The van der Waals surface area contributed by atoms with Crippen molar-refractivity contribution in [2.75, 3.05) is 32.8 Å². The van der Waals surface area contributed by atoms with Crippen LogP contribution < -0.4 is 15.4 Å². The average molecular weight is 422 g/mol. The van der Waals surface area contributed by atoms with Crippen LogP contribution >= 0.6 is 0 Å². The molecule has 3 heterocycles. The third-order valence-electron chi connectivity index (χ3n) is 6.07. The second-order valence-electron chi connectivity index (χ2n) is 8.61. The van der Waals surface area contributed by atoms with Crippen molar-refractivity contribution in [3.63, 3.8) is 0 Å². The topological polar surface area (TPSA) is 99.9 Å². The van der Waals surface area contributed by atoms with E-state index in [-0.39, 0.29) is 18.2 Å². The molecule has 3 aromatic rings. The molecule has 0 saturated carbocycles. The van der Waals surface area contributed by atoms with Crippen molar-refractivity contribution in [3.05, 3.63) is 47.9 Å². The molecule has 162 valence electrons. The molecule has 1 atom stereocenters. The molecule has 2 aromatic carbocycles. The average Bonchev–Trinajstić information content (AvgIpc) is 3.27. The zero-order valence-corrected chi connectivity index (χ0v) is 17.6. The second-order valence-corrected chi connectivity index (χ2v) is 8.61. The maximum absolute atomic E-state index is 11.4. The van der Waals surface area contributed by atoms with Gasteiger partial charge in [0.1, 0.15) is 24.2 Å². The highest BCUT2D eigenvalue weighted by molar-refractivity contribution is 5.98. The number of nitrogens with one attached hydrogen (secondary N) is 2. The number of benzene rings is 2. The van der Waals surface area contributed by atoms with Crippen molar-refractivity contribution >= 4 is 16.8 Å². The Bertz CT molecular complexity index is 1120. The van der Waals surface area contributed by atoms with E-state index in [2.05, 4.69) is 26.8 Å². The van der Waals surface area contributed by atoms with Crippen LogP contribution in [0.25, 0.3) is 21.9 Å². The van der Waals surface area contributed by atoms with Gasteiger partial charge in [-0.25, -0.2) is 4.79 Å². The third kappa shape index (κ3) is 3.73. The number of aryl methyl sites for hydroxylation is 2. The molecule has 0 aliphatic carbocycles. The Labute approximate surface area is 180 Å². The van der Waals surface area contributed by atoms with Gasteiger partial charge in [-0.05, 0) is 42.3 Å². The van der Waals surface area contributed by atoms with E-state index in [0.29, 0.717) is 18.8 Å². The van der Waals surface area contributed by atoms with Crippen LogP contribution in [0.2, 0.25) is 0 Å². The summed E-state index contributed by atoms with van der Waals surface area (Å²) in [6.07, 6.45) is -0.628. The van der Waals surface area contributed by atoms with Crippen LogP contribution in [0.5, 0.6) is 5.75 Å². The molecule has 8 heteroatoms. The van der Waals surface area contributed by atoms with E-state index in [1.807, 2.05) is 44.2 Å². The van der Waals surface area contributed by atoms with Crippen LogP contribution in [0.1, 0.15) is 11.5 Å². The van der Waals surface area contributed by atoms with E-state index in [0.717, 1.165) is 46.4 Å². The minimum Gasteiger partial charge on any atom is -0.491 e. The number of fused-ring (bicyclic) bond motifs is 1. The maximum Gasteiger partial charge on any atom is 0.315 e. The second kappa shape index (κ2) is 7.55. The lowest BCUT2D eigenvalue weighted by Crippen LogP contribution is -2.69. The van der Waals surface area contributed by atoms with Gasteiger partial charge in [0.25, 0.3) is 0 Å². The van der Waals surface area contributed by atoms with Crippen molar-refractivity contribution in [3.8, 4) is 16.9 Å². The fourth-order valence-corrected chi connectivity index (χ4v) is 4.69. The van der Waals surface area contributed by atoms with Crippen LogP contribution in [-0.2, 0) is 0 Å². The fourth-order valence-electron chi connectivity index (χ4n) is 4.69. The Balaban J connectivity index is 1.28. The predicted molar refractivity (Wildman–Crippen MR) is 116 cm³/mol. The first-order chi connectivity index (χ1) is 14.9. The van der Waals surface area contributed by atoms with Crippen molar-refractivity contribution in [1.82, 2.24) is 20.7 Å². The van der Waals surface area contributed by atoms with Gasteiger partial charge in [0.05, 0.1) is 11.2 Å². The zero-order valence-electron chi connectivity index (χ0n) is 17.6. The molecule has 2 saturated heterocycles. The van der Waals surface area contributed by atoms with E-state index in [1.54, 1.807) is 0 Å². The highest BCUT2D eigenvalue weighted by atomic mass is 16.5. The number of aromatic nitrogens is 1. The maximum atomic E-state index is 11.4. The minimum absolute atomic E-state index is 0.117. The Hall–Kier alpha value is -3.10. The predicted octanol–water partition coefficient (Wildman–Crippen LogP) is 2.22. The summed E-state index contributed by atoms with van der Waals surface area (Å²) in [5.74, 6) is 1.46. The molecule has 1 unspecified atom stereocenters. The van der Waals surface area contributed by atoms with Crippen molar-refractivity contribution in [2.24, 2.45) is 0 Å². The van der Waals surface area contributed by atoms with E-state index < -0.39 is 6.10 Å². The summed E-state index contributed by atoms with van der Waals surface area (Å²) in [4.78, 5) is 13.5. The molecule has 1 spiro atoms. The molecule has 3 N–H and O–H groups in total. The van der Waals surface area contributed by atoms with Gasteiger partial charge in [0.2, 0.25) is 0 Å². The lowest BCUT2D eigenvalue weighted by atomic mass is 9.91. The summed E-state index contributed by atoms with van der Waals surface area (Å²) >= 11 is 0. The monoisotopic (exact) mass is 422 g/mol. The summed E-state index contributed by atoms with van der Waals surface area (Å²) in [6, 6.07) is 12.0. The number of aliphatic hydroxyl groups is 1. The molecule has 1 aromatic heterocycles. The number of β-amino-alcohol motifs (C(OH)–C–C–N with tert-alkyl or cyclic N) is 1. The summed E-state index contributed by atoms with van der Waals surface area (Å²) < 4.78 is 11.4. The van der Waals surface area contributed by atoms with Crippen molar-refractivity contribution in [1.29, 1.82) is 0 Å². The molecule has 31 heavy (non-hydrogen) atoms. The number of likely N-dealkylation sites (tertiary alicyclic amines) is 1. The third-order valence-corrected chi connectivity index (χ3v) is 6.07. The van der Waals surface area contributed by atoms with Crippen LogP contribution in [-0.4, -0.2) is 65.6 Å². The van der Waals surface area contributed by atoms with Crippen LogP contribution in [0, 0.1) is 13.8 Å². The first kappa shape index (κ1) is 19.8. The number of aliphatic hydroxyl groups excluding tert-OH is 1. The molecular weight excluding hydrogens is 396 g/mol. The highest BCUT2D eigenvalue weighted by Crippen LogP contribution is 2.36. The summed E-state index contributed by atoms with van der Waals surface area (Å²) in [5.41, 5.74) is 2.63. The summed E-state index contributed by atoms with van der Waals surface area (Å²) in [6.45, 7) is 6.62. The first-order valence-corrected chi connectivity index (χ1v) is 10.5. The molecular formula is C23H26N4O4. The van der Waals surface area contributed by atoms with E-state index in [9.17, 15) is 9.90 Å². The van der Waals surface area contributed by atoms with Gasteiger partial charge >= 0.3 is 6.03 Å². The molecule has 2 aliphatic rings. The lowest BCUT2D eigenvalue weighted by molar-refractivity contribution is 0.00543. The molecule has 5 rings (SSSR count). The smallest absolute Gasteiger partial charge is 0.315 e. The number of hydrogen-bond donors (Lipinski definition) is 3. The van der Waals surface area contributed by atoms with Gasteiger partial charge in [-0.2, -0.15) is 0 Å². The number of nitrogens with zero attached hydrogens (tertiary/aromatic N) is 2. The standard InChI is InChI=1S/C23H26N4O4/c1-14-21(15(2)31-26-14)20-8-18(7-16-5-3-4-6-19(16)20)30-10-17(28)9-27-12-23(13-27)11-24-22(29)25-23/h3-8,17,28H,9-13H2,1-2H3,(H2,24,25,29). The first-order valence-electron chi connectivity index (χ1n) is 10.5. The van der Waals surface area contributed by atoms with Crippen molar-refractivity contribution in [2.45, 2.75) is 25.5 Å². The van der Waals surface area contributed by atoms with Crippen LogP contribution in [0.4, 0.5) is 4.79 Å². The lowest BCUT2D eigenvalue weighted by Gasteiger charge is -2.47. The molecule has 0 radical (unpaired) electrons. The molecule has 2 aliphatic heterocycles. The number of amides is 2. The normalized spacial score (nSPS) is 18.6. The molecule has 2 amide bonds.